The molecule has 0 bridgehead atoms. The number of fused-ring (bicyclic) bond motifs is 1. The van der Waals surface area contributed by atoms with Crippen LogP contribution >= 0.6 is 11.6 Å². The van der Waals surface area contributed by atoms with Crippen molar-refractivity contribution in [3.05, 3.63) is 50.7 Å². The molecule has 0 saturated carbocycles. The minimum absolute atomic E-state index is 0.151. The highest BCUT2D eigenvalue weighted by Gasteiger charge is 2.16. The molecule has 27 heavy (non-hydrogen) atoms. The SMILES string of the molecule is Cc1nn(C)c2c(C(C)C)cc(CNC(=O)Nc3cc(Cl)[nH]c(=O)c3)nc12. The van der Waals surface area contributed by atoms with Gasteiger partial charge in [0.15, 0.2) is 0 Å². The molecule has 0 spiro atoms. The highest BCUT2D eigenvalue weighted by molar-refractivity contribution is 6.29. The Labute approximate surface area is 160 Å². The Morgan fingerprint density at radius 1 is 1.33 bits per heavy atom. The standard InChI is InChI=1S/C18H21ClN6O2/c1-9(2)13-5-12(21-16-10(3)24-25(4)17(13)16)8-20-18(27)22-11-6-14(19)23-15(26)7-11/h5-7,9H,8H2,1-4H3,(H3,20,22,23,26,27). The van der Waals surface area contributed by atoms with Crippen LogP contribution in [0, 0.1) is 6.92 Å². The summed E-state index contributed by atoms with van der Waals surface area (Å²) in [4.78, 5) is 30.6. The van der Waals surface area contributed by atoms with E-state index in [1.807, 2.05) is 24.7 Å². The van der Waals surface area contributed by atoms with Crippen LogP contribution in [-0.4, -0.2) is 25.8 Å². The van der Waals surface area contributed by atoms with Crippen LogP contribution in [0.15, 0.2) is 23.0 Å². The predicted octanol–water partition coefficient (Wildman–Crippen LogP) is 3.06. The maximum atomic E-state index is 12.1. The van der Waals surface area contributed by atoms with Gasteiger partial charge in [-0.25, -0.2) is 9.78 Å². The number of hydrogen-bond acceptors (Lipinski definition) is 4. The number of carbonyl (C=O) groups excluding carboxylic acids is 1. The van der Waals surface area contributed by atoms with Gasteiger partial charge in [-0.1, -0.05) is 25.4 Å². The number of H-pyrrole nitrogens is 1. The number of aromatic nitrogens is 4. The molecule has 8 nitrogen and oxygen atoms in total. The maximum Gasteiger partial charge on any atom is 0.319 e. The maximum absolute atomic E-state index is 12.1. The fourth-order valence-corrected chi connectivity index (χ4v) is 3.20. The van der Waals surface area contributed by atoms with Crippen molar-refractivity contribution in [2.75, 3.05) is 5.32 Å². The Bertz CT molecular complexity index is 1070. The molecular formula is C18H21ClN6O2. The summed E-state index contributed by atoms with van der Waals surface area (Å²) in [5.41, 5.74) is 4.48. The Morgan fingerprint density at radius 3 is 2.74 bits per heavy atom. The van der Waals surface area contributed by atoms with Crippen LogP contribution in [0.1, 0.15) is 36.7 Å². The topological polar surface area (TPSA) is 105 Å². The molecule has 0 saturated heterocycles. The lowest BCUT2D eigenvalue weighted by Gasteiger charge is -2.12. The molecule has 0 fully saturated rings. The zero-order chi connectivity index (χ0) is 19.7. The summed E-state index contributed by atoms with van der Waals surface area (Å²) < 4.78 is 1.84. The first-order chi connectivity index (χ1) is 12.7. The van der Waals surface area contributed by atoms with E-state index in [4.69, 9.17) is 11.6 Å². The molecule has 3 N–H and O–H groups in total. The second-order valence-electron chi connectivity index (χ2n) is 6.65. The van der Waals surface area contributed by atoms with Gasteiger partial charge in [0.2, 0.25) is 0 Å². The monoisotopic (exact) mass is 388 g/mol. The molecule has 3 rings (SSSR count). The molecule has 3 aromatic heterocycles. The minimum atomic E-state index is -0.451. The molecule has 0 aromatic carbocycles. The van der Waals surface area contributed by atoms with Gasteiger partial charge in [-0.2, -0.15) is 5.10 Å². The number of halogens is 1. The molecule has 0 atom stereocenters. The summed E-state index contributed by atoms with van der Waals surface area (Å²) in [6.07, 6.45) is 0. The molecule has 0 unspecified atom stereocenters. The second-order valence-corrected chi connectivity index (χ2v) is 7.06. The summed E-state index contributed by atoms with van der Waals surface area (Å²) in [5.74, 6) is 0.288. The van der Waals surface area contributed by atoms with Crippen molar-refractivity contribution in [1.29, 1.82) is 0 Å². The summed E-state index contributed by atoms with van der Waals surface area (Å²) in [6.45, 7) is 6.38. The van der Waals surface area contributed by atoms with Crippen molar-refractivity contribution >= 4 is 34.4 Å². The first-order valence-corrected chi connectivity index (χ1v) is 8.90. The Hall–Kier alpha value is -2.87. The van der Waals surface area contributed by atoms with Crippen LogP contribution in [0.2, 0.25) is 5.15 Å². The third-order valence-corrected chi connectivity index (χ3v) is 4.37. The Kier molecular flexibility index (Phi) is 5.18. The first-order valence-electron chi connectivity index (χ1n) is 8.52. The normalized spacial score (nSPS) is 11.2. The number of rotatable bonds is 4. The molecule has 0 radical (unpaired) electrons. The van der Waals surface area contributed by atoms with E-state index in [2.05, 4.69) is 39.5 Å². The van der Waals surface area contributed by atoms with Gasteiger partial charge in [-0.05, 0) is 30.5 Å². The fraction of sp³-hybridized carbons (Fsp3) is 0.333. The molecule has 142 valence electrons. The third kappa shape index (κ3) is 4.11. The lowest BCUT2D eigenvalue weighted by Crippen LogP contribution is -2.29. The number of pyridine rings is 2. The van der Waals surface area contributed by atoms with Crippen molar-refractivity contribution in [3.8, 4) is 0 Å². The van der Waals surface area contributed by atoms with Gasteiger partial charge >= 0.3 is 6.03 Å². The number of aromatic amines is 1. The molecule has 0 aliphatic heterocycles. The number of nitrogens with zero attached hydrogens (tertiary/aromatic N) is 3. The second kappa shape index (κ2) is 7.40. The number of amides is 2. The average Bonchev–Trinajstić information content (AvgIpc) is 2.85. The van der Waals surface area contributed by atoms with E-state index < -0.39 is 11.6 Å². The number of nitrogens with one attached hydrogen (secondary N) is 3. The molecule has 3 aromatic rings. The van der Waals surface area contributed by atoms with Crippen LogP contribution < -0.4 is 16.2 Å². The van der Waals surface area contributed by atoms with Gasteiger partial charge in [-0.15, -0.1) is 0 Å². The molecular weight excluding hydrogens is 368 g/mol. The van der Waals surface area contributed by atoms with Crippen LogP contribution in [0.4, 0.5) is 10.5 Å². The van der Waals surface area contributed by atoms with Crippen molar-refractivity contribution in [3.63, 3.8) is 0 Å². The van der Waals surface area contributed by atoms with E-state index in [1.54, 1.807) is 0 Å². The highest BCUT2D eigenvalue weighted by Crippen LogP contribution is 2.26. The average molecular weight is 389 g/mol. The van der Waals surface area contributed by atoms with Crippen LogP contribution in [0.3, 0.4) is 0 Å². The molecule has 3 heterocycles. The van der Waals surface area contributed by atoms with Gasteiger partial charge in [-0.3, -0.25) is 9.48 Å². The van der Waals surface area contributed by atoms with E-state index in [-0.39, 0.29) is 17.6 Å². The van der Waals surface area contributed by atoms with Crippen molar-refractivity contribution < 1.29 is 4.79 Å². The fourth-order valence-electron chi connectivity index (χ4n) is 2.99. The number of aryl methyl sites for hydroxylation is 2. The van der Waals surface area contributed by atoms with Crippen molar-refractivity contribution in [2.24, 2.45) is 7.05 Å². The smallest absolute Gasteiger partial charge is 0.319 e. The summed E-state index contributed by atoms with van der Waals surface area (Å²) >= 11 is 5.78. The van der Waals surface area contributed by atoms with E-state index in [1.165, 1.54) is 12.1 Å². The summed E-state index contributed by atoms with van der Waals surface area (Å²) in [7, 11) is 1.90. The Morgan fingerprint density at radius 2 is 2.07 bits per heavy atom. The van der Waals surface area contributed by atoms with E-state index in [0.717, 1.165) is 28.0 Å². The lowest BCUT2D eigenvalue weighted by molar-refractivity contribution is 0.251. The predicted molar refractivity (Wildman–Crippen MR) is 105 cm³/mol. The van der Waals surface area contributed by atoms with E-state index >= 15 is 0 Å². The largest absolute Gasteiger partial charge is 0.332 e. The van der Waals surface area contributed by atoms with Gasteiger partial charge < -0.3 is 15.6 Å². The molecule has 0 aliphatic rings. The van der Waals surface area contributed by atoms with Gasteiger partial charge in [0.25, 0.3) is 5.56 Å². The van der Waals surface area contributed by atoms with Crippen LogP contribution in [0.5, 0.6) is 0 Å². The number of hydrogen-bond donors (Lipinski definition) is 3. The molecule has 2 amide bonds. The quantitative estimate of drug-likeness (QED) is 0.597. The van der Waals surface area contributed by atoms with Gasteiger partial charge in [0.1, 0.15) is 10.7 Å². The number of anilines is 1. The van der Waals surface area contributed by atoms with Gasteiger partial charge in [0.05, 0.1) is 29.1 Å². The zero-order valence-electron chi connectivity index (χ0n) is 15.6. The molecule has 0 aliphatic carbocycles. The van der Waals surface area contributed by atoms with Crippen molar-refractivity contribution in [1.82, 2.24) is 25.1 Å². The van der Waals surface area contributed by atoms with Crippen molar-refractivity contribution in [2.45, 2.75) is 33.2 Å². The molecule has 9 heteroatoms. The van der Waals surface area contributed by atoms with E-state index in [0.29, 0.717) is 5.69 Å². The number of urea groups is 1. The minimum Gasteiger partial charge on any atom is -0.332 e. The van der Waals surface area contributed by atoms with Gasteiger partial charge in [0, 0.05) is 13.1 Å². The summed E-state index contributed by atoms with van der Waals surface area (Å²) in [6, 6.07) is 4.25. The van der Waals surface area contributed by atoms with Crippen LogP contribution in [-0.2, 0) is 13.6 Å². The number of carbonyl (C=O) groups is 1. The third-order valence-electron chi connectivity index (χ3n) is 4.16. The van der Waals surface area contributed by atoms with Crippen LogP contribution in [0.25, 0.3) is 11.0 Å². The van der Waals surface area contributed by atoms with E-state index in [9.17, 15) is 9.59 Å². The first kappa shape index (κ1) is 18.9. The highest BCUT2D eigenvalue weighted by atomic mass is 35.5. The lowest BCUT2D eigenvalue weighted by atomic mass is 10.0. The Balaban J connectivity index is 1.79. The zero-order valence-corrected chi connectivity index (χ0v) is 16.3. The summed E-state index contributed by atoms with van der Waals surface area (Å²) in [5, 5.41) is 9.94.